The average molecular weight is 601 g/mol. The molecule has 2 aromatic heterocycles. The third kappa shape index (κ3) is 6.11. The largest absolute Gasteiger partial charge is 0.367 e. The van der Waals surface area contributed by atoms with Crippen LogP contribution in [0, 0.1) is 11.6 Å². The van der Waals surface area contributed by atoms with Gasteiger partial charge in [-0.05, 0) is 62.4 Å². The van der Waals surface area contributed by atoms with Crippen molar-refractivity contribution in [2.24, 2.45) is 0 Å². The minimum atomic E-state index is -0.577. The Kier molecular flexibility index (Phi) is 8.25. The summed E-state index contributed by atoms with van der Waals surface area (Å²) >= 11 is 0. The molecule has 6 rings (SSSR count). The molecule has 3 N–H and O–H groups in total. The second-order valence-corrected chi connectivity index (χ2v) is 11.2. The van der Waals surface area contributed by atoms with Crippen molar-refractivity contribution in [3.63, 3.8) is 0 Å². The highest BCUT2D eigenvalue weighted by Gasteiger charge is 2.26. The molecule has 2 amide bonds. The summed E-state index contributed by atoms with van der Waals surface area (Å²) in [6, 6.07) is 9.67. The first-order valence-corrected chi connectivity index (χ1v) is 14.7. The van der Waals surface area contributed by atoms with Crippen LogP contribution in [0.4, 0.5) is 26.1 Å². The SMILES string of the molecule is C=CC(=O)Nc1ccc(C(=O)N2CCC(Nc3ncc(F)c(-c4c[nH]c5cc(F)ccc45)n3)CC2)cc1N1CCN(C)CC1. The Hall–Kier alpha value is -4.84. The molecule has 228 valence electrons. The quantitative estimate of drug-likeness (QED) is 0.268. The van der Waals surface area contributed by atoms with Gasteiger partial charge < -0.3 is 30.3 Å². The standard InChI is InChI=1S/C32H34F2N8O2/c1-3-29(43)38-26-7-4-20(16-28(26)41-14-12-40(2)13-15-41)31(44)42-10-8-22(9-11-42)37-32-36-19-25(34)30(39-32)24-18-35-27-17-21(33)5-6-23(24)27/h3-7,16-19,22,35H,1,8-15H2,2H3,(H,38,43)(H,36,37,39). The van der Waals surface area contributed by atoms with Crippen LogP contribution in [-0.4, -0.2) is 88.9 Å². The van der Waals surface area contributed by atoms with Crippen LogP contribution in [0.3, 0.4) is 0 Å². The van der Waals surface area contributed by atoms with E-state index in [0.717, 1.165) is 38.1 Å². The fourth-order valence-corrected chi connectivity index (χ4v) is 5.78. The van der Waals surface area contributed by atoms with Crippen LogP contribution in [0.2, 0.25) is 0 Å². The number of hydrogen-bond acceptors (Lipinski definition) is 7. The summed E-state index contributed by atoms with van der Waals surface area (Å²) in [5, 5.41) is 6.83. The maximum atomic E-state index is 14.8. The molecule has 10 nitrogen and oxygen atoms in total. The van der Waals surface area contributed by atoms with Crippen molar-refractivity contribution in [1.29, 1.82) is 0 Å². The van der Waals surface area contributed by atoms with Gasteiger partial charge in [-0.1, -0.05) is 6.58 Å². The van der Waals surface area contributed by atoms with Crippen LogP contribution >= 0.6 is 0 Å². The van der Waals surface area contributed by atoms with E-state index in [1.807, 2.05) is 11.0 Å². The van der Waals surface area contributed by atoms with E-state index in [0.29, 0.717) is 53.6 Å². The molecule has 2 aliphatic rings. The van der Waals surface area contributed by atoms with Crippen molar-refractivity contribution in [1.82, 2.24) is 24.8 Å². The number of benzene rings is 2. The number of halogens is 2. The van der Waals surface area contributed by atoms with Gasteiger partial charge in [0.25, 0.3) is 5.91 Å². The van der Waals surface area contributed by atoms with Crippen LogP contribution in [0.1, 0.15) is 23.2 Å². The van der Waals surface area contributed by atoms with E-state index in [1.165, 1.54) is 18.2 Å². The Morgan fingerprint density at radius 2 is 1.82 bits per heavy atom. The Bertz CT molecular complexity index is 1710. The number of anilines is 3. The molecule has 0 spiro atoms. The van der Waals surface area contributed by atoms with E-state index in [2.05, 4.69) is 49.0 Å². The van der Waals surface area contributed by atoms with E-state index in [4.69, 9.17) is 0 Å². The van der Waals surface area contributed by atoms with Gasteiger partial charge in [-0.2, -0.15) is 0 Å². The van der Waals surface area contributed by atoms with Crippen molar-refractivity contribution in [3.8, 4) is 11.3 Å². The molecule has 44 heavy (non-hydrogen) atoms. The molecule has 2 saturated heterocycles. The first kappa shape index (κ1) is 29.2. The van der Waals surface area contributed by atoms with Gasteiger partial charge in [-0.25, -0.2) is 18.7 Å². The third-order valence-corrected chi connectivity index (χ3v) is 8.29. The Balaban J connectivity index is 1.13. The Morgan fingerprint density at radius 1 is 1.05 bits per heavy atom. The topological polar surface area (TPSA) is 109 Å². The number of amides is 2. The zero-order chi connectivity index (χ0) is 30.8. The van der Waals surface area contributed by atoms with E-state index in [9.17, 15) is 18.4 Å². The third-order valence-electron chi connectivity index (χ3n) is 8.29. The number of piperidine rings is 1. The summed E-state index contributed by atoms with van der Waals surface area (Å²) in [5.74, 6) is -1.05. The minimum Gasteiger partial charge on any atom is -0.367 e. The summed E-state index contributed by atoms with van der Waals surface area (Å²) in [6.45, 7) is 7.94. The van der Waals surface area contributed by atoms with E-state index in [-0.39, 0.29) is 35.3 Å². The lowest BCUT2D eigenvalue weighted by molar-refractivity contribution is -0.111. The van der Waals surface area contributed by atoms with Gasteiger partial charge in [0.2, 0.25) is 11.9 Å². The number of likely N-dealkylation sites (N-methyl/N-ethyl adjacent to an activating group) is 1. The zero-order valence-electron chi connectivity index (χ0n) is 24.4. The molecule has 0 aliphatic carbocycles. The zero-order valence-corrected chi connectivity index (χ0v) is 24.4. The fourth-order valence-electron chi connectivity index (χ4n) is 5.78. The first-order valence-electron chi connectivity index (χ1n) is 14.7. The molecule has 0 unspecified atom stereocenters. The van der Waals surface area contributed by atoms with Gasteiger partial charge in [0.15, 0.2) is 5.82 Å². The molecule has 0 saturated carbocycles. The molecular weight excluding hydrogens is 566 g/mol. The number of carbonyl (C=O) groups excluding carboxylic acids is 2. The highest BCUT2D eigenvalue weighted by molar-refractivity contribution is 6.03. The highest BCUT2D eigenvalue weighted by Crippen LogP contribution is 2.31. The number of nitrogens with one attached hydrogen (secondary N) is 3. The second kappa shape index (κ2) is 12.4. The fraction of sp³-hybridized carbons (Fsp3) is 0.312. The van der Waals surface area contributed by atoms with Crippen molar-refractivity contribution < 1.29 is 18.4 Å². The second-order valence-electron chi connectivity index (χ2n) is 11.2. The monoisotopic (exact) mass is 600 g/mol. The summed E-state index contributed by atoms with van der Waals surface area (Å²) < 4.78 is 28.4. The minimum absolute atomic E-state index is 0.00758. The van der Waals surface area contributed by atoms with Crippen LogP contribution in [0.15, 0.2) is 61.4 Å². The van der Waals surface area contributed by atoms with Gasteiger partial charge in [0, 0.05) is 73.5 Å². The highest BCUT2D eigenvalue weighted by atomic mass is 19.1. The number of piperazine rings is 1. The number of aromatic amines is 1. The van der Waals surface area contributed by atoms with Gasteiger partial charge in [0.05, 0.1) is 17.6 Å². The molecule has 12 heteroatoms. The van der Waals surface area contributed by atoms with Crippen molar-refractivity contribution in [3.05, 3.63) is 78.6 Å². The summed E-state index contributed by atoms with van der Waals surface area (Å²) in [7, 11) is 2.07. The Morgan fingerprint density at radius 3 is 2.57 bits per heavy atom. The molecule has 0 radical (unpaired) electrons. The predicted octanol–water partition coefficient (Wildman–Crippen LogP) is 4.50. The normalized spacial score (nSPS) is 16.2. The molecule has 2 aliphatic heterocycles. The van der Waals surface area contributed by atoms with Gasteiger partial charge in [-0.15, -0.1) is 0 Å². The van der Waals surface area contributed by atoms with Crippen LogP contribution < -0.4 is 15.5 Å². The number of hydrogen-bond donors (Lipinski definition) is 3. The maximum Gasteiger partial charge on any atom is 0.253 e. The van der Waals surface area contributed by atoms with E-state index >= 15 is 0 Å². The molecule has 4 aromatic rings. The summed E-state index contributed by atoms with van der Waals surface area (Å²) in [5.41, 5.74) is 3.23. The number of likely N-dealkylation sites (tertiary alicyclic amines) is 1. The lowest BCUT2D eigenvalue weighted by Gasteiger charge is -2.36. The number of H-pyrrole nitrogens is 1. The van der Waals surface area contributed by atoms with Gasteiger partial charge in [0.1, 0.15) is 11.5 Å². The van der Waals surface area contributed by atoms with Crippen LogP contribution in [0.5, 0.6) is 0 Å². The lowest BCUT2D eigenvalue weighted by Crippen LogP contribution is -2.45. The van der Waals surface area contributed by atoms with Gasteiger partial charge in [-0.3, -0.25) is 9.59 Å². The number of rotatable bonds is 7. The molecule has 0 bridgehead atoms. The van der Waals surface area contributed by atoms with Crippen molar-refractivity contribution in [2.75, 3.05) is 61.8 Å². The Labute approximate surface area is 253 Å². The van der Waals surface area contributed by atoms with E-state index in [1.54, 1.807) is 24.4 Å². The molecule has 2 aromatic carbocycles. The van der Waals surface area contributed by atoms with Crippen molar-refractivity contribution >= 4 is 40.0 Å². The van der Waals surface area contributed by atoms with E-state index < -0.39 is 5.82 Å². The van der Waals surface area contributed by atoms with Crippen LogP contribution in [-0.2, 0) is 4.79 Å². The predicted molar refractivity (Wildman–Crippen MR) is 167 cm³/mol. The average Bonchev–Trinajstić information content (AvgIpc) is 3.45. The number of carbonyl (C=O) groups is 2. The smallest absolute Gasteiger partial charge is 0.253 e. The molecule has 0 atom stereocenters. The van der Waals surface area contributed by atoms with Crippen LogP contribution in [0.25, 0.3) is 22.2 Å². The summed E-state index contributed by atoms with van der Waals surface area (Å²) in [6.07, 6.45) is 5.29. The number of fused-ring (bicyclic) bond motifs is 1. The maximum absolute atomic E-state index is 14.8. The number of nitrogens with zero attached hydrogens (tertiary/aromatic N) is 5. The van der Waals surface area contributed by atoms with Crippen molar-refractivity contribution in [2.45, 2.75) is 18.9 Å². The molecular formula is C32H34F2N8O2. The molecule has 2 fully saturated rings. The molecule has 4 heterocycles. The summed E-state index contributed by atoms with van der Waals surface area (Å²) in [4.78, 5) is 43.5. The first-order chi connectivity index (χ1) is 21.3. The number of aromatic nitrogens is 3. The lowest BCUT2D eigenvalue weighted by atomic mass is 10.0. The van der Waals surface area contributed by atoms with Gasteiger partial charge >= 0.3 is 0 Å².